The zero-order valence-corrected chi connectivity index (χ0v) is 15.6. The van der Waals surface area contributed by atoms with Gasteiger partial charge in [-0.3, -0.25) is 4.79 Å². The third-order valence-electron chi connectivity index (χ3n) is 4.18. The van der Waals surface area contributed by atoms with Gasteiger partial charge in [0, 0.05) is 0 Å². The summed E-state index contributed by atoms with van der Waals surface area (Å²) in [5.41, 5.74) is -1.62. The molecule has 138 valence electrons. The molecule has 1 N–H and O–H groups in total. The lowest BCUT2D eigenvalue weighted by molar-refractivity contribution is -0.889. The highest BCUT2D eigenvalue weighted by Gasteiger charge is 2.51. The Kier molecular flexibility index (Phi) is 6.03. The number of quaternary nitrogens is 1. The molecule has 0 aromatic carbocycles. The smallest absolute Gasteiger partial charge is 0.226 e. The minimum atomic E-state index is -4.87. The van der Waals surface area contributed by atoms with E-state index in [0.29, 0.717) is 24.0 Å². The average molecular weight is 381 g/mol. The van der Waals surface area contributed by atoms with E-state index in [1.807, 2.05) is 20.2 Å². The van der Waals surface area contributed by atoms with E-state index in [4.69, 9.17) is 5.26 Å². The molecular formula is C13H23N3O6S2. The van der Waals surface area contributed by atoms with Crippen LogP contribution in [0.2, 0.25) is 0 Å². The van der Waals surface area contributed by atoms with Gasteiger partial charge in [0.2, 0.25) is 5.91 Å². The third kappa shape index (κ3) is 5.70. The maximum atomic E-state index is 12.1. The van der Waals surface area contributed by atoms with Gasteiger partial charge in [-0.05, 0) is 6.92 Å². The first-order chi connectivity index (χ1) is 10.7. The van der Waals surface area contributed by atoms with E-state index in [1.165, 1.54) is 6.92 Å². The molecule has 0 aromatic heterocycles. The first-order valence-electron chi connectivity index (χ1n) is 7.36. The Bertz CT molecular complexity index is 738. The van der Waals surface area contributed by atoms with Gasteiger partial charge in [0.05, 0.1) is 68.4 Å². The Morgan fingerprint density at radius 3 is 2.50 bits per heavy atom. The van der Waals surface area contributed by atoms with E-state index in [-0.39, 0.29) is 6.42 Å². The monoisotopic (exact) mass is 381 g/mol. The normalized spacial score (nSPS) is 26.7. The summed E-state index contributed by atoms with van der Waals surface area (Å²) >= 11 is 0. The summed E-state index contributed by atoms with van der Waals surface area (Å²) in [6.45, 7) is 2.21. The fourth-order valence-corrected chi connectivity index (χ4v) is 7.10. The van der Waals surface area contributed by atoms with E-state index in [1.54, 1.807) is 0 Å². The van der Waals surface area contributed by atoms with E-state index in [2.05, 4.69) is 5.32 Å². The van der Waals surface area contributed by atoms with Crippen LogP contribution in [-0.4, -0.2) is 81.3 Å². The molecule has 2 atom stereocenters. The minimum absolute atomic E-state index is 0.0275. The Morgan fingerprint density at radius 1 is 1.42 bits per heavy atom. The summed E-state index contributed by atoms with van der Waals surface area (Å²) in [6, 6.07) is 2.02. The van der Waals surface area contributed by atoms with E-state index in [9.17, 15) is 26.2 Å². The molecule has 0 unspecified atom stereocenters. The van der Waals surface area contributed by atoms with Crippen LogP contribution in [0.1, 0.15) is 19.8 Å². The first kappa shape index (κ1) is 20.8. The number of hydrogen-bond donors (Lipinski definition) is 1. The van der Waals surface area contributed by atoms with Gasteiger partial charge in [-0.25, -0.2) is 16.8 Å². The fourth-order valence-electron chi connectivity index (χ4n) is 2.79. The fraction of sp³-hybridized carbons (Fsp3) is 0.846. The van der Waals surface area contributed by atoms with Crippen LogP contribution in [0.3, 0.4) is 0 Å². The zero-order chi connectivity index (χ0) is 18.8. The van der Waals surface area contributed by atoms with Gasteiger partial charge in [-0.2, -0.15) is 5.26 Å². The number of sulfone groups is 1. The summed E-state index contributed by atoms with van der Waals surface area (Å²) in [5, 5.41) is 9.33. The number of nitrogens with zero attached hydrogens (tertiary/aromatic N) is 2. The van der Waals surface area contributed by atoms with Crippen LogP contribution in [0.4, 0.5) is 0 Å². The number of amides is 1. The van der Waals surface area contributed by atoms with Gasteiger partial charge in [-0.1, -0.05) is 0 Å². The van der Waals surface area contributed by atoms with Crippen LogP contribution >= 0.6 is 0 Å². The molecule has 0 aromatic rings. The molecule has 11 heteroatoms. The van der Waals surface area contributed by atoms with Crippen molar-refractivity contribution in [2.24, 2.45) is 0 Å². The lowest BCUT2D eigenvalue weighted by Crippen LogP contribution is -2.57. The van der Waals surface area contributed by atoms with Gasteiger partial charge >= 0.3 is 0 Å². The molecule has 1 aliphatic rings. The molecule has 0 spiro atoms. The number of carbonyl (C=O) groups is 1. The molecule has 1 fully saturated rings. The average Bonchev–Trinajstić information content (AvgIpc) is 2.64. The van der Waals surface area contributed by atoms with Crippen LogP contribution in [0, 0.1) is 11.3 Å². The molecule has 24 heavy (non-hydrogen) atoms. The molecular weight excluding hydrogens is 358 g/mol. The lowest BCUT2D eigenvalue weighted by Gasteiger charge is -2.33. The van der Waals surface area contributed by atoms with Crippen LogP contribution in [0.5, 0.6) is 0 Å². The molecule has 1 amide bonds. The second-order valence-electron chi connectivity index (χ2n) is 7.04. The van der Waals surface area contributed by atoms with Gasteiger partial charge in [0.1, 0.15) is 10.1 Å². The molecule has 1 saturated heterocycles. The second-order valence-corrected chi connectivity index (χ2v) is 10.7. The number of rotatable bonds is 7. The lowest BCUT2D eigenvalue weighted by atomic mass is 10.0. The highest BCUT2D eigenvalue weighted by Crippen LogP contribution is 2.28. The first-order valence-corrected chi connectivity index (χ1v) is 10.7. The van der Waals surface area contributed by atoms with Crippen molar-refractivity contribution < 1.29 is 30.7 Å². The van der Waals surface area contributed by atoms with Crippen molar-refractivity contribution in [3.05, 3.63) is 0 Å². The standard InChI is InChI=1S/C13H23N3O6S2/c1-13(10-23(18,19)9-11(13)24(20,21)22)15-12(17)5-8-16(2,3)7-4-6-14/h11H,4-5,7-10H2,1-3H3,(H-,15,17,20,21,22)/t11-,13-/m0/s1. The van der Waals surface area contributed by atoms with Crippen molar-refractivity contribution in [1.82, 2.24) is 5.32 Å². The molecule has 0 saturated carbocycles. The number of nitrogens with one attached hydrogen (secondary N) is 1. The Balaban J connectivity index is 2.79. The van der Waals surface area contributed by atoms with Crippen LogP contribution < -0.4 is 5.32 Å². The predicted molar refractivity (Wildman–Crippen MR) is 85.4 cm³/mol. The molecule has 0 bridgehead atoms. The summed E-state index contributed by atoms with van der Waals surface area (Å²) < 4.78 is 57.9. The maximum Gasteiger partial charge on any atom is 0.226 e. The largest absolute Gasteiger partial charge is 0.748 e. The van der Waals surface area contributed by atoms with E-state index < -0.39 is 48.2 Å². The number of carbonyl (C=O) groups excluding carboxylic acids is 1. The number of nitriles is 1. The van der Waals surface area contributed by atoms with Crippen molar-refractivity contribution in [1.29, 1.82) is 5.26 Å². The second kappa shape index (κ2) is 6.95. The summed E-state index contributed by atoms with van der Waals surface area (Å²) in [7, 11) is -4.90. The van der Waals surface area contributed by atoms with Crippen molar-refractivity contribution >= 4 is 25.9 Å². The molecule has 0 aliphatic carbocycles. The predicted octanol–water partition coefficient (Wildman–Crippen LogP) is -1.42. The van der Waals surface area contributed by atoms with E-state index in [0.717, 1.165) is 0 Å². The zero-order valence-electron chi connectivity index (χ0n) is 14.0. The maximum absolute atomic E-state index is 12.1. The summed E-state index contributed by atoms with van der Waals surface area (Å²) in [6.07, 6.45) is 0.362. The quantitative estimate of drug-likeness (QED) is 0.421. The highest BCUT2D eigenvalue weighted by atomic mass is 32.2. The third-order valence-corrected chi connectivity index (χ3v) is 7.66. The van der Waals surface area contributed by atoms with Gasteiger partial charge < -0.3 is 14.4 Å². The summed E-state index contributed by atoms with van der Waals surface area (Å²) in [4.78, 5) is 12.1. The van der Waals surface area contributed by atoms with Crippen molar-refractivity contribution in [3.8, 4) is 6.07 Å². The van der Waals surface area contributed by atoms with Gasteiger partial charge in [0.25, 0.3) is 0 Å². The molecule has 1 aliphatic heterocycles. The van der Waals surface area contributed by atoms with Crippen LogP contribution in [0.25, 0.3) is 0 Å². The van der Waals surface area contributed by atoms with Crippen LogP contribution in [0.15, 0.2) is 0 Å². The molecule has 1 rings (SSSR count). The molecule has 1 heterocycles. The van der Waals surface area contributed by atoms with Crippen LogP contribution in [-0.2, 0) is 24.7 Å². The Hall–Kier alpha value is -1.22. The van der Waals surface area contributed by atoms with Crippen molar-refractivity contribution in [3.63, 3.8) is 0 Å². The summed E-state index contributed by atoms with van der Waals surface area (Å²) in [5.74, 6) is -1.88. The van der Waals surface area contributed by atoms with E-state index >= 15 is 0 Å². The SMILES string of the molecule is C[C@]1(NC(=O)CC[N+](C)(C)CCC#N)CS(=O)(=O)C[C@@H]1S(=O)(=O)[O-]. The molecule has 9 nitrogen and oxygen atoms in total. The Labute approximate surface area is 142 Å². The topological polar surface area (TPSA) is 144 Å². The van der Waals surface area contributed by atoms with Gasteiger partial charge in [-0.15, -0.1) is 0 Å². The minimum Gasteiger partial charge on any atom is -0.748 e. The molecule has 0 radical (unpaired) electrons. The van der Waals surface area contributed by atoms with Gasteiger partial charge in [0.15, 0.2) is 9.84 Å². The number of hydrogen-bond acceptors (Lipinski definition) is 7. The van der Waals surface area contributed by atoms with Crippen molar-refractivity contribution in [2.45, 2.75) is 30.6 Å². The van der Waals surface area contributed by atoms with Crippen molar-refractivity contribution in [2.75, 3.05) is 38.7 Å². The Morgan fingerprint density at radius 2 is 2.00 bits per heavy atom. The highest BCUT2D eigenvalue weighted by molar-refractivity contribution is 7.94.